The van der Waals surface area contributed by atoms with Gasteiger partial charge in [-0.1, -0.05) is 43.9 Å². The summed E-state index contributed by atoms with van der Waals surface area (Å²) in [4.78, 5) is 38.7. The van der Waals surface area contributed by atoms with Crippen molar-refractivity contribution < 1.29 is 27.9 Å². The summed E-state index contributed by atoms with van der Waals surface area (Å²) >= 11 is 0. The summed E-state index contributed by atoms with van der Waals surface area (Å²) in [6.45, 7) is 5.83. The zero-order valence-electron chi connectivity index (χ0n) is 19.7. The number of carbonyl (C=O) groups is 3. The summed E-state index contributed by atoms with van der Waals surface area (Å²) in [7, 11) is -0.689. The molecule has 1 heterocycles. The van der Waals surface area contributed by atoms with E-state index in [4.69, 9.17) is 4.74 Å². The topological polar surface area (TPSA) is 87.7 Å². The maximum Gasteiger partial charge on any atom is 0.320 e. The Hall–Kier alpha value is -3.11. The second kappa shape index (κ2) is 10.4. The predicted octanol–water partition coefficient (Wildman–Crippen LogP) is 2.61. The standard InChI is InChI=1S/C24H29F2N3O4Si/c1-33-13-15-5-7-17(8-6-15)22(28-24(32)29-12-21(31)27-14-29)20(30)11-16-9-18(25)23(19(26)10-16)34(2,3)4/h5-10,22H,11-14H2,1-4H3,(H,27,31)(H,28,32)/t22-/m1/s1. The smallest absolute Gasteiger partial charge is 0.320 e. The number of hydrogen-bond donors (Lipinski definition) is 2. The highest BCUT2D eigenvalue weighted by Crippen LogP contribution is 2.20. The van der Waals surface area contributed by atoms with Crippen LogP contribution in [-0.2, 0) is 27.4 Å². The van der Waals surface area contributed by atoms with Crippen LogP contribution in [0.15, 0.2) is 36.4 Å². The van der Waals surface area contributed by atoms with Gasteiger partial charge in [0.05, 0.1) is 21.3 Å². The van der Waals surface area contributed by atoms with Crippen molar-refractivity contribution in [3.63, 3.8) is 0 Å². The Kier molecular flexibility index (Phi) is 7.83. The van der Waals surface area contributed by atoms with Gasteiger partial charge in [-0.15, -0.1) is 0 Å². The molecule has 182 valence electrons. The molecule has 1 aliphatic heterocycles. The summed E-state index contributed by atoms with van der Waals surface area (Å²) in [5, 5.41) is 5.29. The average molecular weight is 490 g/mol. The third-order valence-corrected chi connectivity index (χ3v) is 7.51. The van der Waals surface area contributed by atoms with Crippen LogP contribution in [0, 0.1) is 11.6 Å². The number of hydrogen-bond acceptors (Lipinski definition) is 4. The molecular formula is C24H29F2N3O4Si. The van der Waals surface area contributed by atoms with Gasteiger partial charge in [0.2, 0.25) is 5.91 Å². The summed E-state index contributed by atoms with van der Waals surface area (Å²) in [6.07, 6.45) is -0.276. The van der Waals surface area contributed by atoms with Crippen LogP contribution in [0.25, 0.3) is 0 Å². The van der Waals surface area contributed by atoms with Crippen LogP contribution in [0.2, 0.25) is 19.6 Å². The molecule has 2 aromatic carbocycles. The van der Waals surface area contributed by atoms with Crippen LogP contribution in [0.1, 0.15) is 22.7 Å². The van der Waals surface area contributed by atoms with E-state index in [1.165, 1.54) is 17.0 Å². The molecule has 0 saturated carbocycles. The van der Waals surface area contributed by atoms with E-state index in [1.54, 1.807) is 31.4 Å². The van der Waals surface area contributed by atoms with Gasteiger partial charge in [0.15, 0.2) is 5.78 Å². The normalized spacial score (nSPS) is 14.6. The molecule has 10 heteroatoms. The summed E-state index contributed by atoms with van der Waals surface area (Å²) in [6, 6.07) is 7.66. The largest absolute Gasteiger partial charge is 0.380 e. The van der Waals surface area contributed by atoms with Gasteiger partial charge in [-0.3, -0.25) is 14.5 Å². The monoisotopic (exact) mass is 489 g/mol. The number of halogens is 2. The molecule has 0 aliphatic carbocycles. The fourth-order valence-corrected chi connectivity index (χ4v) is 5.47. The molecule has 1 saturated heterocycles. The van der Waals surface area contributed by atoms with Crippen molar-refractivity contribution in [1.29, 1.82) is 0 Å². The van der Waals surface area contributed by atoms with Gasteiger partial charge in [-0.2, -0.15) is 0 Å². The van der Waals surface area contributed by atoms with E-state index in [9.17, 15) is 23.2 Å². The predicted molar refractivity (Wildman–Crippen MR) is 126 cm³/mol. The number of amides is 3. The summed E-state index contributed by atoms with van der Waals surface area (Å²) < 4.78 is 34.5. The van der Waals surface area contributed by atoms with E-state index in [-0.39, 0.29) is 36.3 Å². The SMILES string of the molecule is COCc1ccc([C@@H](NC(=O)N2CNC(=O)C2)C(=O)Cc2cc(F)c([Si](C)(C)C)c(F)c2)cc1. The van der Waals surface area contributed by atoms with Gasteiger partial charge in [-0.05, 0) is 28.8 Å². The first kappa shape index (κ1) is 25.5. The molecule has 0 unspecified atom stereocenters. The van der Waals surface area contributed by atoms with Crippen LogP contribution in [0.3, 0.4) is 0 Å². The molecule has 3 amide bonds. The molecule has 1 atom stereocenters. The Bertz CT molecular complexity index is 1060. The van der Waals surface area contributed by atoms with Crippen molar-refractivity contribution in [2.45, 2.75) is 38.7 Å². The number of urea groups is 1. The number of rotatable bonds is 8. The molecule has 0 radical (unpaired) electrons. The second-order valence-electron chi connectivity index (χ2n) is 9.34. The molecule has 2 aromatic rings. The highest BCUT2D eigenvalue weighted by molar-refractivity contribution is 6.88. The van der Waals surface area contributed by atoms with Gasteiger partial charge in [0, 0.05) is 18.7 Å². The Labute approximate surface area is 198 Å². The van der Waals surface area contributed by atoms with Crippen LogP contribution < -0.4 is 15.8 Å². The maximum atomic E-state index is 14.7. The molecule has 1 fully saturated rings. The number of ketones is 1. The Morgan fingerprint density at radius 1 is 1.12 bits per heavy atom. The number of nitrogens with zero attached hydrogens (tertiary/aromatic N) is 1. The minimum absolute atomic E-state index is 0.0347. The summed E-state index contributed by atoms with van der Waals surface area (Å²) in [5.74, 6) is -2.05. The number of benzene rings is 2. The number of Topliss-reactive ketones (excluding diaryl/α,β-unsaturated/α-hetero) is 1. The maximum absolute atomic E-state index is 14.7. The van der Waals surface area contributed by atoms with E-state index in [0.717, 1.165) is 5.56 Å². The van der Waals surface area contributed by atoms with Crippen LogP contribution in [0.5, 0.6) is 0 Å². The van der Waals surface area contributed by atoms with Gasteiger partial charge >= 0.3 is 6.03 Å². The van der Waals surface area contributed by atoms with Crippen molar-refractivity contribution in [1.82, 2.24) is 15.5 Å². The van der Waals surface area contributed by atoms with E-state index in [2.05, 4.69) is 10.6 Å². The lowest BCUT2D eigenvalue weighted by molar-refractivity contribution is -0.120. The van der Waals surface area contributed by atoms with Crippen LogP contribution in [0.4, 0.5) is 13.6 Å². The Morgan fingerprint density at radius 2 is 1.74 bits per heavy atom. The third-order valence-electron chi connectivity index (χ3n) is 5.53. The third kappa shape index (κ3) is 6.06. The van der Waals surface area contributed by atoms with Crippen molar-refractivity contribution in [3.8, 4) is 0 Å². The van der Waals surface area contributed by atoms with E-state index >= 15 is 0 Å². The fourth-order valence-electron chi connectivity index (χ4n) is 3.90. The lowest BCUT2D eigenvalue weighted by atomic mass is 9.96. The molecule has 34 heavy (non-hydrogen) atoms. The highest BCUT2D eigenvalue weighted by Gasteiger charge is 2.30. The summed E-state index contributed by atoms with van der Waals surface area (Å²) in [5.41, 5.74) is 1.58. The lowest BCUT2D eigenvalue weighted by Crippen LogP contribution is -2.44. The molecule has 3 rings (SSSR count). The second-order valence-corrected chi connectivity index (χ2v) is 14.3. The minimum Gasteiger partial charge on any atom is -0.380 e. The van der Waals surface area contributed by atoms with Crippen LogP contribution in [-0.4, -0.2) is 51.0 Å². The fraction of sp³-hybridized carbons (Fsp3) is 0.375. The molecule has 0 spiro atoms. The van der Waals surface area contributed by atoms with E-state index < -0.39 is 37.6 Å². The first-order valence-electron chi connectivity index (χ1n) is 10.9. The lowest BCUT2D eigenvalue weighted by Gasteiger charge is -2.23. The number of ether oxygens (including phenoxy) is 1. The zero-order valence-corrected chi connectivity index (χ0v) is 20.7. The van der Waals surface area contributed by atoms with Crippen molar-refractivity contribution >= 4 is 31.0 Å². The molecular weight excluding hydrogens is 460 g/mol. The van der Waals surface area contributed by atoms with Crippen molar-refractivity contribution in [2.24, 2.45) is 0 Å². The average Bonchev–Trinajstić information content (AvgIpc) is 3.17. The van der Waals surface area contributed by atoms with Crippen molar-refractivity contribution in [3.05, 3.63) is 64.7 Å². The minimum atomic E-state index is -2.26. The van der Waals surface area contributed by atoms with Crippen molar-refractivity contribution in [2.75, 3.05) is 20.3 Å². The zero-order chi connectivity index (χ0) is 25.0. The molecule has 2 N–H and O–H groups in total. The number of carbonyl (C=O) groups excluding carboxylic acids is 3. The van der Waals surface area contributed by atoms with Gasteiger partial charge in [0.25, 0.3) is 0 Å². The number of methoxy groups -OCH3 is 1. The van der Waals surface area contributed by atoms with Gasteiger partial charge in [0.1, 0.15) is 24.2 Å². The quantitative estimate of drug-likeness (QED) is 0.558. The molecule has 0 aromatic heterocycles. The van der Waals surface area contributed by atoms with Gasteiger partial charge in [-0.25, -0.2) is 13.6 Å². The van der Waals surface area contributed by atoms with E-state index in [0.29, 0.717) is 12.2 Å². The van der Waals surface area contributed by atoms with Crippen LogP contribution >= 0.6 is 0 Å². The highest BCUT2D eigenvalue weighted by atomic mass is 28.3. The Morgan fingerprint density at radius 3 is 2.24 bits per heavy atom. The molecule has 1 aliphatic rings. The first-order valence-corrected chi connectivity index (χ1v) is 14.4. The molecule has 7 nitrogen and oxygen atoms in total. The van der Waals surface area contributed by atoms with Gasteiger partial charge < -0.3 is 15.4 Å². The number of nitrogens with one attached hydrogen (secondary N) is 2. The molecule has 0 bridgehead atoms. The van der Waals surface area contributed by atoms with E-state index in [1.807, 2.05) is 19.6 Å². The first-order chi connectivity index (χ1) is 16.0. The Balaban J connectivity index is 1.87.